The molecule has 1 aromatic heterocycles. The molecule has 1 saturated heterocycles. The highest BCUT2D eigenvalue weighted by Gasteiger charge is 2.11. The molecule has 1 fully saturated rings. The molecule has 2 rings (SSSR count). The largest absolute Gasteiger partial charge is 0.363 e. The lowest BCUT2D eigenvalue weighted by Crippen LogP contribution is -2.28. The van der Waals surface area contributed by atoms with Crippen molar-refractivity contribution in [3.63, 3.8) is 0 Å². The maximum atomic E-state index is 5.43. The molecule has 2 nitrogen and oxygen atoms in total. The normalized spacial score (nSPS) is 17.5. The van der Waals surface area contributed by atoms with Crippen LogP contribution in [0, 0.1) is 0 Å². The Bertz CT molecular complexity index is 324. The Kier molecular flexibility index (Phi) is 3.80. The van der Waals surface area contributed by atoms with Crippen LogP contribution in [-0.4, -0.2) is 19.6 Å². The van der Waals surface area contributed by atoms with Gasteiger partial charge in [0.15, 0.2) is 0 Å². The van der Waals surface area contributed by atoms with Crippen molar-refractivity contribution in [1.82, 2.24) is 0 Å². The molecule has 2 heterocycles. The summed E-state index contributed by atoms with van der Waals surface area (Å²) in [6.07, 6.45) is 8.18. The summed E-state index contributed by atoms with van der Waals surface area (Å²) in [5.41, 5.74) is 5.43. The molecule has 1 aromatic rings. The molecule has 82 valence electrons. The predicted octanol–water partition coefficient (Wildman–Crippen LogP) is 2.71. The van der Waals surface area contributed by atoms with E-state index in [4.69, 9.17) is 5.73 Å². The minimum absolute atomic E-state index is 0.622. The minimum atomic E-state index is 0.622. The van der Waals surface area contributed by atoms with Gasteiger partial charge in [0.25, 0.3) is 0 Å². The summed E-state index contributed by atoms with van der Waals surface area (Å²) in [4.78, 5) is 3.80. The quantitative estimate of drug-likeness (QED) is 0.852. The number of hydrogen-bond acceptors (Lipinski definition) is 3. The van der Waals surface area contributed by atoms with Gasteiger partial charge in [-0.05, 0) is 37.5 Å². The first-order valence-electron chi connectivity index (χ1n) is 5.61. The molecule has 3 heteroatoms. The molecule has 0 spiro atoms. The van der Waals surface area contributed by atoms with Gasteiger partial charge in [-0.15, -0.1) is 11.3 Å². The summed E-state index contributed by atoms with van der Waals surface area (Å²) < 4.78 is 0. The van der Waals surface area contributed by atoms with Gasteiger partial charge >= 0.3 is 0 Å². The molecule has 15 heavy (non-hydrogen) atoms. The first kappa shape index (κ1) is 10.7. The van der Waals surface area contributed by atoms with Gasteiger partial charge < -0.3 is 10.6 Å². The van der Waals surface area contributed by atoms with Crippen molar-refractivity contribution >= 4 is 22.4 Å². The zero-order chi connectivity index (χ0) is 10.5. The molecule has 0 unspecified atom stereocenters. The Morgan fingerprint density at radius 1 is 1.27 bits per heavy atom. The topological polar surface area (TPSA) is 29.3 Å². The SMILES string of the molecule is NCC=Cc1ccc(N2CCCCC2)s1. The number of nitrogens with zero attached hydrogens (tertiary/aromatic N) is 1. The van der Waals surface area contributed by atoms with Crippen LogP contribution in [0.15, 0.2) is 18.2 Å². The number of thiophene rings is 1. The fourth-order valence-corrected chi connectivity index (χ4v) is 2.89. The highest BCUT2D eigenvalue weighted by atomic mass is 32.1. The lowest BCUT2D eigenvalue weighted by Gasteiger charge is -2.27. The monoisotopic (exact) mass is 222 g/mol. The van der Waals surface area contributed by atoms with Crippen molar-refractivity contribution in [2.75, 3.05) is 24.5 Å². The number of rotatable bonds is 3. The van der Waals surface area contributed by atoms with E-state index in [1.165, 1.54) is 42.2 Å². The standard InChI is InChI=1S/C12H18N2S/c13-8-4-5-11-6-7-12(15-11)14-9-2-1-3-10-14/h4-7H,1-3,8-10,13H2. The maximum Gasteiger partial charge on any atom is 0.0914 e. The van der Waals surface area contributed by atoms with Crippen LogP contribution in [0.25, 0.3) is 6.08 Å². The summed E-state index contributed by atoms with van der Waals surface area (Å²) in [6.45, 7) is 3.07. The van der Waals surface area contributed by atoms with Crippen LogP contribution in [0.3, 0.4) is 0 Å². The summed E-state index contributed by atoms with van der Waals surface area (Å²) in [7, 11) is 0. The fourth-order valence-electron chi connectivity index (χ4n) is 1.90. The Balaban J connectivity index is 2.02. The van der Waals surface area contributed by atoms with Crippen LogP contribution in [0.4, 0.5) is 5.00 Å². The molecule has 0 saturated carbocycles. The summed E-state index contributed by atoms with van der Waals surface area (Å²) in [5, 5.41) is 1.41. The van der Waals surface area contributed by atoms with Gasteiger partial charge in [-0.1, -0.05) is 6.08 Å². The van der Waals surface area contributed by atoms with Crippen molar-refractivity contribution < 1.29 is 0 Å². The molecule has 0 amide bonds. The van der Waals surface area contributed by atoms with E-state index >= 15 is 0 Å². The Hall–Kier alpha value is -0.800. The van der Waals surface area contributed by atoms with E-state index in [9.17, 15) is 0 Å². The lowest BCUT2D eigenvalue weighted by atomic mass is 10.1. The second-order valence-corrected chi connectivity index (χ2v) is 4.96. The van der Waals surface area contributed by atoms with Crippen molar-refractivity contribution in [2.24, 2.45) is 5.73 Å². The smallest absolute Gasteiger partial charge is 0.0914 e. The third-order valence-electron chi connectivity index (χ3n) is 2.70. The van der Waals surface area contributed by atoms with Crippen LogP contribution in [0.5, 0.6) is 0 Å². The van der Waals surface area contributed by atoms with E-state index in [1.54, 1.807) is 0 Å². The molecular weight excluding hydrogens is 204 g/mol. The van der Waals surface area contributed by atoms with E-state index in [0.717, 1.165) is 0 Å². The highest BCUT2D eigenvalue weighted by Crippen LogP contribution is 2.29. The summed E-state index contributed by atoms with van der Waals surface area (Å²) >= 11 is 1.86. The summed E-state index contributed by atoms with van der Waals surface area (Å²) in [6, 6.07) is 4.41. The number of piperidine rings is 1. The molecule has 0 radical (unpaired) electrons. The zero-order valence-electron chi connectivity index (χ0n) is 8.98. The maximum absolute atomic E-state index is 5.43. The van der Waals surface area contributed by atoms with Crippen LogP contribution in [-0.2, 0) is 0 Å². The molecule has 2 N–H and O–H groups in total. The van der Waals surface area contributed by atoms with Gasteiger partial charge in [0, 0.05) is 24.5 Å². The third kappa shape index (κ3) is 2.83. The van der Waals surface area contributed by atoms with Gasteiger partial charge in [0.1, 0.15) is 0 Å². The second-order valence-electron chi connectivity index (χ2n) is 3.86. The number of hydrogen-bond donors (Lipinski definition) is 1. The van der Waals surface area contributed by atoms with Crippen molar-refractivity contribution in [3.05, 3.63) is 23.1 Å². The molecule has 0 aromatic carbocycles. The van der Waals surface area contributed by atoms with Crippen LogP contribution >= 0.6 is 11.3 Å². The average molecular weight is 222 g/mol. The molecule has 1 aliphatic heterocycles. The molecule has 0 bridgehead atoms. The molecule has 0 aliphatic carbocycles. The second kappa shape index (κ2) is 5.33. The molecule has 1 aliphatic rings. The molecular formula is C12H18N2S. The average Bonchev–Trinajstić information content (AvgIpc) is 2.76. The highest BCUT2D eigenvalue weighted by molar-refractivity contribution is 7.16. The van der Waals surface area contributed by atoms with E-state index in [2.05, 4.69) is 23.1 Å². The summed E-state index contributed by atoms with van der Waals surface area (Å²) in [5.74, 6) is 0. The van der Waals surface area contributed by atoms with Crippen LogP contribution in [0.1, 0.15) is 24.1 Å². The molecule has 0 atom stereocenters. The van der Waals surface area contributed by atoms with Gasteiger partial charge in [0.2, 0.25) is 0 Å². The van der Waals surface area contributed by atoms with E-state index in [1.807, 2.05) is 17.4 Å². The van der Waals surface area contributed by atoms with Gasteiger partial charge in [-0.3, -0.25) is 0 Å². The first-order valence-corrected chi connectivity index (χ1v) is 6.43. The zero-order valence-corrected chi connectivity index (χ0v) is 9.80. The van der Waals surface area contributed by atoms with E-state index in [0.29, 0.717) is 6.54 Å². The van der Waals surface area contributed by atoms with E-state index < -0.39 is 0 Å². The Labute approximate surface area is 95.4 Å². The van der Waals surface area contributed by atoms with Crippen molar-refractivity contribution in [1.29, 1.82) is 0 Å². The predicted molar refractivity (Wildman–Crippen MR) is 68.5 cm³/mol. The van der Waals surface area contributed by atoms with Crippen LogP contribution in [0.2, 0.25) is 0 Å². The third-order valence-corrected chi connectivity index (χ3v) is 3.81. The fraction of sp³-hybridized carbons (Fsp3) is 0.500. The van der Waals surface area contributed by atoms with Gasteiger partial charge in [0.05, 0.1) is 5.00 Å². The van der Waals surface area contributed by atoms with Crippen molar-refractivity contribution in [3.8, 4) is 0 Å². The Morgan fingerprint density at radius 3 is 2.80 bits per heavy atom. The lowest BCUT2D eigenvalue weighted by molar-refractivity contribution is 0.580. The van der Waals surface area contributed by atoms with Crippen LogP contribution < -0.4 is 10.6 Å². The number of nitrogens with two attached hydrogens (primary N) is 1. The van der Waals surface area contributed by atoms with Gasteiger partial charge in [-0.25, -0.2) is 0 Å². The minimum Gasteiger partial charge on any atom is -0.363 e. The first-order chi connectivity index (χ1) is 7.40. The number of anilines is 1. The van der Waals surface area contributed by atoms with Crippen molar-refractivity contribution in [2.45, 2.75) is 19.3 Å². The van der Waals surface area contributed by atoms with Gasteiger partial charge in [-0.2, -0.15) is 0 Å². The van der Waals surface area contributed by atoms with E-state index in [-0.39, 0.29) is 0 Å². The Morgan fingerprint density at radius 2 is 2.07 bits per heavy atom.